The maximum atomic E-state index is 4.66. The van der Waals surface area contributed by atoms with Gasteiger partial charge in [-0.3, -0.25) is 4.98 Å². The Bertz CT molecular complexity index is 614. The zero-order valence-corrected chi connectivity index (χ0v) is 14.1. The molecule has 0 aliphatic carbocycles. The van der Waals surface area contributed by atoms with Crippen LogP contribution in [0.2, 0.25) is 0 Å². The fraction of sp³-hybridized carbons (Fsp3) is 0.471. The van der Waals surface area contributed by atoms with Gasteiger partial charge in [-0.2, -0.15) is 0 Å². The van der Waals surface area contributed by atoms with Crippen LogP contribution in [0.25, 0.3) is 10.9 Å². The molecule has 1 fully saturated rings. The number of hydrogen-bond acceptors (Lipinski definition) is 3. The monoisotopic (exact) mass is 347 g/mol. The first-order valence-corrected chi connectivity index (χ1v) is 8.80. The number of aryl methyl sites for hydroxylation is 1. The third-order valence-electron chi connectivity index (χ3n) is 4.15. The first-order chi connectivity index (χ1) is 10.3. The summed E-state index contributed by atoms with van der Waals surface area (Å²) in [4.78, 5) is 9.74. The summed E-state index contributed by atoms with van der Waals surface area (Å²) in [6, 6.07) is 10.7. The maximum absolute atomic E-state index is 4.66. The van der Waals surface area contributed by atoms with Crippen LogP contribution < -0.4 is 4.90 Å². The highest BCUT2D eigenvalue weighted by Crippen LogP contribution is 2.27. The molecule has 4 heteroatoms. The van der Waals surface area contributed by atoms with Crippen LogP contribution in [0.3, 0.4) is 0 Å². The Balaban J connectivity index is 1.89. The molecule has 0 amide bonds. The Hall–Kier alpha value is -1.13. The first-order valence-electron chi connectivity index (χ1n) is 7.67. The summed E-state index contributed by atoms with van der Waals surface area (Å²) in [5.41, 5.74) is 3.55. The molecular weight excluding hydrogens is 326 g/mol. The molecule has 21 heavy (non-hydrogen) atoms. The maximum Gasteiger partial charge on any atom is 0.0726 e. The van der Waals surface area contributed by atoms with Gasteiger partial charge >= 0.3 is 0 Å². The molecule has 0 saturated carbocycles. The van der Waals surface area contributed by atoms with Crippen LogP contribution in [0.4, 0.5) is 5.69 Å². The van der Waals surface area contributed by atoms with Crippen LogP contribution in [0.1, 0.15) is 12.1 Å². The van der Waals surface area contributed by atoms with Crippen molar-refractivity contribution >= 4 is 32.5 Å². The van der Waals surface area contributed by atoms with Gasteiger partial charge < -0.3 is 9.80 Å². The lowest BCUT2D eigenvalue weighted by molar-refractivity contribution is 0.313. The van der Waals surface area contributed by atoms with Gasteiger partial charge in [-0.15, -0.1) is 0 Å². The predicted molar refractivity (Wildman–Crippen MR) is 93.5 cm³/mol. The van der Waals surface area contributed by atoms with Gasteiger partial charge in [-0.1, -0.05) is 34.1 Å². The van der Waals surface area contributed by atoms with Gasteiger partial charge in [0.2, 0.25) is 0 Å². The Morgan fingerprint density at radius 3 is 2.86 bits per heavy atom. The lowest BCUT2D eigenvalue weighted by atomic mass is 10.1. The molecule has 1 aromatic carbocycles. The van der Waals surface area contributed by atoms with Crippen molar-refractivity contribution in [2.45, 2.75) is 13.3 Å². The second kappa shape index (κ2) is 6.75. The van der Waals surface area contributed by atoms with Crippen LogP contribution in [0.5, 0.6) is 0 Å². The molecule has 3 nitrogen and oxygen atoms in total. The van der Waals surface area contributed by atoms with E-state index in [0.717, 1.165) is 42.7 Å². The quantitative estimate of drug-likeness (QED) is 0.792. The van der Waals surface area contributed by atoms with Gasteiger partial charge in [0.1, 0.15) is 0 Å². The molecule has 0 radical (unpaired) electrons. The van der Waals surface area contributed by atoms with E-state index in [-0.39, 0.29) is 0 Å². The second-order valence-electron chi connectivity index (χ2n) is 5.67. The average Bonchev–Trinajstić information content (AvgIpc) is 2.72. The number of alkyl halides is 1. The molecule has 3 rings (SSSR count). The van der Waals surface area contributed by atoms with Gasteiger partial charge in [0.05, 0.1) is 5.52 Å². The Labute approximate surface area is 135 Å². The SMILES string of the molecule is Cc1cc(N2CCCN(CCBr)CC2)c2ccccc2n1. The molecule has 1 aromatic heterocycles. The standard InChI is InChI=1S/C17H22BrN3/c1-14-13-17(15-5-2-3-6-16(15)19-14)21-9-4-8-20(10-7-18)11-12-21/h2-3,5-6,13H,4,7-12H2,1H3. The summed E-state index contributed by atoms with van der Waals surface area (Å²) in [6.45, 7) is 7.80. The normalized spacial score (nSPS) is 17.1. The first kappa shape index (κ1) is 14.8. The molecule has 1 saturated heterocycles. The van der Waals surface area contributed by atoms with Crippen LogP contribution in [0, 0.1) is 6.92 Å². The summed E-state index contributed by atoms with van der Waals surface area (Å²) < 4.78 is 0. The highest BCUT2D eigenvalue weighted by molar-refractivity contribution is 9.09. The van der Waals surface area contributed by atoms with Crippen molar-refractivity contribution in [3.8, 4) is 0 Å². The molecule has 0 spiro atoms. The molecule has 0 bridgehead atoms. The van der Waals surface area contributed by atoms with Crippen molar-refractivity contribution in [2.75, 3.05) is 43.0 Å². The smallest absolute Gasteiger partial charge is 0.0726 e. The Morgan fingerprint density at radius 1 is 1.14 bits per heavy atom. The van der Waals surface area contributed by atoms with Crippen LogP contribution in [0.15, 0.2) is 30.3 Å². The van der Waals surface area contributed by atoms with E-state index in [0.29, 0.717) is 0 Å². The minimum absolute atomic E-state index is 1.06. The summed E-state index contributed by atoms with van der Waals surface area (Å²) in [5, 5.41) is 2.33. The van der Waals surface area contributed by atoms with Crippen molar-refractivity contribution < 1.29 is 0 Å². The molecule has 1 aliphatic heterocycles. The summed E-state index contributed by atoms with van der Waals surface area (Å²) in [5.74, 6) is 0. The van der Waals surface area contributed by atoms with E-state index in [4.69, 9.17) is 0 Å². The van der Waals surface area contributed by atoms with E-state index >= 15 is 0 Å². The van der Waals surface area contributed by atoms with Crippen molar-refractivity contribution in [3.05, 3.63) is 36.0 Å². The summed E-state index contributed by atoms with van der Waals surface area (Å²) in [7, 11) is 0. The third kappa shape index (κ3) is 3.38. The van der Waals surface area contributed by atoms with E-state index in [1.54, 1.807) is 0 Å². The van der Waals surface area contributed by atoms with Gasteiger partial charge in [0, 0.05) is 48.3 Å². The number of para-hydroxylation sites is 1. The number of rotatable bonds is 3. The largest absolute Gasteiger partial charge is 0.370 e. The molecule has 112 valence electrons. The molecular formula is C17H22BrN3. The highest BCUT2D eigenvalue weighted by atomic mass is 79.9. The predicted octanol–water partition coefficient (Wildman–Crippen LogP) is 3.45. The number of aromatic nitrogens is 1. The Kier molecular flexibility index (Phi) is 4.76. The lowest BCUT2D eigenvalue weighted by Gasteiger charge is -2.25. The van der Waals surface area contributed by atoms with Gasteiger partial charge in [0.15, 0.2) is 0 Å². The molecule has 2 heterocycles. The van der Waals surface area contributed by atoms with Crippen molar-refractivity contribution in [3.63, 3.8) is 0 Å². The van der Waals surface area contributed by atoms with Crippen molar-refractivity contribution in [1.82, 2.24) is 9.88 Å². The average molecular weight is 348 g/mol. The van der Waals surface area contributed by atoms with Crippen LogP contribution in [-0.4, -0.2) is 47.9 Å². The van der Waals surface area contributed by atoms with E-state index < -0.39 is 0 Å². The van der Waals surface area contributed by atoms with Crippen molar-refractivity contribution in [2.24, 2.45) is 0 Å². The minimum atomic E-state index is 1.06. The number of hydrogen-bond donors (Lipinski definition) is 0. The van der Waals surface area contributed by atoms with Crippen LogP contribution >= 0.6 is 15.9 Å². The number of halogens is 1. The number of anilines is 1. The zero-order chi connectivity index (χ0) is 14.7. The fourth-order valence-corrected chi connectivity index (χ4v) is 3.60. The van der Waals surface area contributed by atoms with Crippen molar-refractivity contribution in [1.29, 1.82) is 0 Å². The molecule has 1 aliphatic rings. The number of nitrogens with zero attached hydrogens (tertiary/aromatic N) is 3. The van der Waals surface area contributed by atoms with Crippen LogP contribution in [-0.2, 0) is 0 Å². The van der Waals surface area contributed by atoms with E-state index in [2.05, 4.69) is 68.0 Å². The number of pyridine rings is 1. The van der Waals surface area contributed by atoms with Gasteiger partial charge in [-0.05, 0) is 32.0 Å². The van der Waals surface area contributed by atoms with E-state index in [1.165, 1.54) is 24.0 Å². The van der Waals surface area contributed by atoms with Gasteiger partial charge in [-0.25, -0.2) is 0 Å². The zero-order valence-electron chi connectivity index (χ0n) is 12.6. The topological polar surface area (TPSA) is 19.4 Å². The summed E-state index contributed by atoms with van der Waals surface area (Å²) >= 11 is 3.55. The third-order valence-corrected chi connectivity index (χ3v) is 4.51. The fourth-order valence-electron chi connectivity index (χ4n) is 3.10. The Morgan fingerprint density at radius 2 is 2.00 bits per heavy atom. The molecule has 0 unspecified atom stereocenters. The highest BCUT2D eigenvalue weighted by Gasteiger charge is 2.17. The molecule has 2 aromatic rings. The second-order valence-corrected chi connectivity index (χ2v) is 6.46. The molecule has 0 N–H and O–H groups in total. The summed E-state index contributed by atoms with van der Waals surface area (Å²) in [6.07, 6.45) is 1.22. The number of fused-ring (bicyclic) bond motifs is 1. The lowest BCUT2D eigenvalue weighted by Crippen LogP contribution is -2.32. The van der Waals surface area contributed by atoms with Gasteiger partial charge in [0.25, 0.3) is 0 Å². The van der Waals surface area contributed by atoms with E-state index in [1.807, 2.05) is 0 Å². The minimum Gasteiger partial charge on any atom is -0.370 e. The van der Waals surface area contributed by atoms with E-state index in [9.17, 15) is 0 Å². The molecule has 0 atom stereocenters. The number of benzene rings is 1.